The molecular formula is C30H39FN2. The van der Waals surface area contributed by atoms with Gasteiger partial charge < -0.3 is 0 Å². The lowest BCUT2D eigenvalue weighted by Crippen LogP contribution is -2.15. The van der Waals surface area contributed by atoms with Gasteiger partial charge in [0.1, 0.15) is 6.07 Å². The molecule has 0 unspecified atom stereocenters. The van der Waals surface area contributed by atoms with Crippen molar-refractivity contribution < 1.29 is 4.39 Å². The van der Waals surface area contributed by atoms with Gasteiger partial charge in [-0.25, -0.2) is 0 Å². The highest BCUT2D eigenvalue weighted by Gasteiger charge is 2.23. The van der Waals surface area contributed by atoms with Gasteiger partial charge in [0.25, 0.3) is 0 Å². The molecule has 0 N–H and O–H groups in total. The van der Waals surface area contributed by atoms with Crippen molar-refractivity contribution in [2.24, 2.45) is 17.8 Å². The zero-order valence-corrected chi connectivity index (χ0v) is 20.0. The predicted octanol–water partition coefficient (Wildman–Crippen LogP) is 8.91. The second kappa shape index (κ2) is 14.0. The van der Waals surface area contributed by atoms with Crippen LogP contribution in [0.1, 0.15) is 107 Å². The molecule has 2 saturated carbocycles. The van der Waals surface area contributed by atoms with Crippen LogP contribution >= 0.6 is 0 Å². The van der Waals surface area contributed by atoms with Crippen molar-refractivity contribution in [2.45, 2.75) is 95.8 Å². The highest BCUT2D eigenvalue weighted by molar-refractivity contribution is 5.33. The third-order valence-electron chi connectivity index (χ3n) is 8.03. The summed E-state index contributed by atoms with van der Waals surface area (Å²) >= 11 is 0. The van der Waals surface area contributed by atoms with Crippen molar-refractivity contribution in [3.63, 3.8) is 0 Å². The molecule has 1 aromatic carbocycles. The number of unbranched alkanes of at least 4 members (excludes halogenated alkanes) is 1. The number of hydrogen-bond acceptors (Lipinski definition) is 2. The fourth-order valence-electron chi connectivity index (χ4n) is 5.91. The molecule has 0 amide bonds. The van der Waals surface area contributed by atoms with Crippen LogP contribution in [0.15, 0.2) is 48.3 Å². The SMILES string of the molecule is N#C/C(F)=C/C=C/CC[C@H]1CC[C@H](CCCC[C@H]2CC[C@H](c3ccc(C#N)cc3)CC2)CC1. The molecule has 2 aliphatic carbocycles. The molecule has 0 atom stereocenters. The highest BCUT2D eigenvalue weighted by Crippen LogP contribution is 2.38. The van der Waals surface area contributed by atoms with Crippen molar-refractivity contribution in [1.82, 2.24) is 0 Å². The van der Waals surface area contributed by atoms with Gasteiger partial charge in [0, 0.05) is 0 Å². The molecule has 176 valence electrons. The first kappa shape index (κ1) is 25.2. The number of benzene rings is 1. The van der Waals surface area contributed by atoms with Crippen LogP contribution in [-0.4, -0.2) is 0 Å². The summed E-state index contributed by atoms with van der Waals surface area (Å²) in [5, 5.41) is 17.4. The monoisotopic (exact) mass is 446 g/mol. The van der Waals surface area contributed by atoms with Gasteiger partial charge in [-0.15, -0.1) is 0 Å². The zero-order chi connectivity index (χ0) is 23.3. The summed E-state index contributed by atoms with van der Waals surface area (Å²) in [6.45, 7) is 0. The van der Waals surface area contributed by atoms with E-state index in [0.717, 1.165) is 29.7 Å². The van der Waals surface area contributed by atoms with E-state index in [1.807, 2.05) is 18.2 Å². The average Bonchev–Trinajstić information content (AvgIpc) is 2.87. The van der Waals surface area contributed by atoms with Crippen molar-refractivity contribution in [2.75, 3.05) is 0 Å². The van der Waals surface area contributed by atoms with Gasteiger partial charge in [0.05, 0.1) is 11.6 Å². The van der Waals surface area contributed by atoms with Crippen molar-refractivity contribution >= 4 is 0 Å². The lowest BCUT2D eigenvalue weighted by molar-refractivity contribution is 0.244. The Morgan fingerprint density at radius 2 is 1.36 bits per heavy atom. The minimum absolute atomic E-state index is 0.690. The molecule has 0 aliphatic heterocycles. The second-order valence-electron chi connectivity index (χ2n) is 10.3. The molecule has 0 heterocycles. The third-order valence-corrected chi connectivity index (χ3v) is 8.03. The minimum Gasteiger partial charge on any atom is -0.195 e. The first-order chi connectivity index (χ1) is 16.2. The van der Waals surface area contributed by atoms with E-state index in [9.17, 15) is 4.39 Å². The summed E-state index contributed by atoms with van der Waals surface area (Å²) < 4.78 is 12.7. The van der Waals surface area contributed by atoms with E-state index in [1.54, 1.807) is 6.08 Å². The van der Waals surface area contributed by atoms with Crippen LogP contribution in [0.25, 0.3) is 0 Å². The predicted molar refractivity (Wildman–Crippen MR) is 133 cm³/mol. The van der Waals surface area contributed by atoms with E-state index in [4.69, 9.17) is 10.5 Å². The number of nitriles is 2. The van der Waals surface area contributed by atoms with Crippen LogP contribution in [0, 0.1) is 40.4 Å². The highest BCUT2D eigenvalue weighted by atomic mass is 19.1. The fourth-order valence-corrected chi connectivity index (χ4v) is 5.91. The minimum atomic E-state index is -0.720. The maximum atomic E-state index is 12.7. The Labute approximate surface area is 200 Å². The van der Waals surface area contributed by atoms with E-state index in [1.165, 1.54) is 101 Å². The van der Waals surface area contributed by atoms with E-state index in [-0.39, 0.29) is 0 Å². The molecule has 0 radical (unpaired) electrons. The number of hydrogen-bond donors (Lipinski definition) is 0. The second-order valence-corrected chi connectivity index (χ2v) is 10.3. The molecule has 0 aromatic heterocycles. The molecule has 2 fully saturated rings. The van der Waals surface area contributed by atoms with Crippen molar-refractivity contribution in [1.29, 1.82) is 10.5 Å². The van der Waals surface area contributed by atoms with Gasteiger partial charge in [-0.2, -0.15) is 14.9 Å². The van der Waals surface area contributed by atoms with E-state index >= 15 is 0 Å². The molecule has 0 spiro atoms. The summed E-state index contributed by atoms with van der Waals surface area (Å²) in [5.74, 6) is 2.64. The quantitative estimate of drug-likeness (QED) is 0.205. The Morgan fingerprint density at radius 3 is 1.91 bits per heavy atom. The summed E-state index contributed by atoms with van der Waals surface area (Å²) in [6, 6.07) is 11.9. The van der Waals surface area contributed by atoms with E-state index in [0.29, 0.717) is 5.92 Å². The topological polar surface area (TPSA) is 47.6 Å². The normalized spacial score (nSPS) is 26.1. The standard InChI is InChI=1S/C30H39FN2/c31-30(23-33)9-3-1-2-6-24-10-12-25(13-11-24)7-4-5-8-26-14-18-28(19-15-26)29-20-16-27(22-32)17-21-29/h1,3,9,16-17,20-21,24-26,28H,2,4-8,10-15,18-19H2/b3-1+,30-9-/t24-,25-,26-,28-. The zero-order valence-electron chi connectivity index (χ0n) is 20.0. The summed E-state index contributed by atoms with van der Waals surface area (Å²) in [7, 11) is 0. The fraction of sp³-hybridized carbons (Fsp3) is 0.600. The summed E-state index contributed by atoms with van der Waals surface area (Å²) in [5.41, 5.74) is 2.18. The summed E-state index contributed by atoms with van der Waals surface area (Å²) in [4.78, 5) is 0. The van der Waals surface area contributed by atoms with E-state index < -0.39 is 5.83 Å². The first-order valence-corrected chi connectivity index (χ1v) is 13.1. The molecule has 2 aliphatic rings. The van der Waals surface area contributed by atoms with Crippen LogP contribution in [0.3, 0.4) is 0 Å². The van der Waals surface area contributed by atoms with Crippen LogP contribution < -0.4 is 0 Å². The number of halogens is 1. The molecule has 3 heteroatoms. The molecule has 0 saturated heterocycles. The van der Waals surface area contributed by atoms with Crippen molar-refractivity contribution in [3.8, 4) is 12.1 Å². The van der Waals surface area contributed by atoms with Gasteiger partial charge in [-0.3, -0.25) is 0 Å². The number of allylic oxidation sites excluding steroid dienone is 4. The molecule has 33 heavy (non-hydrogen) atoms. The lowest BCUT2D eigenvalue weighted by atomic mass is 9.76. The van der Waals surface area contributed by atoms with Crippen LogP contribution in [0.4, 0.5) is 4.39 Å². The molecule has 1 aromatic rings. The van der Waals surface area contributed by atoms with Gasteiger partial charge >= 0.3 is 0 Å². The third kappa shape index (κ3) is 8.81. The smallest absolute Gasteiger partial charge is 0.195 e. The maximum Gasteiger partial charge on any atom is 0.199 e. The van der Waals surface area contributed by atoms with Gasteiger partial charge in [0.2, 0.25) is 0 Å². The van der Waals surface area contributed by atoms with Gasteiger partial charge in [0.15, 0.2) is 5.83 Å². The van der Waals surface area contributed by atoms with Crippen LogP contribution in [0.2, 0.25) is 0 Å². The maximum absolute atomic E-state index is 12.7. The number of nitrogens with zero attached hydrogens (tertiary/aromatic N) is 2. The van der Waals surface area contributed by atoms with Crippen LogP contribution in [-0.2, 0) is 0 Å². The molecule has 2 nitrogen and oxygen atoms in total. The van der Waals surface area contributed by atoms with E-state index in [2.05, 4.69) is 18.2 Å². The lowest BCUT2D eigenvalue weighted by Gasteiger charge is -2.30. The first-order valence-electron chi connectivity index (χ1n) is 13.1. The molecule has 0 bridgehead atoms. The average molecular weight is 447 g/mol. The Kier molecular flexibility index (Phi) is 10.7. The Balaban J connectivity index is 1.22. The molecule has 3 rings (SSSR count). The number of rotatable bonds is 10. The summed E-state index contributed by atoms with van der Waals surface area (Å²) in [6.07, 6.45) is 23.5. The Morgan fingerprint density at radius 1 is 0.818 bits per heavy atom. The molecular weight excluding hydrogens is 407 g/mol. The Hall–Kier alpha value is -2.39. The van der Waals surface area contributed by atoms with Crippen molar-refractivity contribution in [3.05, 3.63) is 59.4 Å². The van der Waals surface area contributed by atoms with Gasteiger partial charge in [-0.1, -0.05) is 75.7 Å². The Bertz CT molecular complexity index is 839. The van der Waals surface area contributed by atoms with Crippen LogP contribution in [0.5, 0.6) is 0 Å². The largest absolute Gasteiger partial charge is 0.199 e. The van der Waals surface area contributed by atoms with Gasteiger partial charge in [-0.05, 0) is 86.0 Å².